The molecule has 0 unspecified atom stereocenters. The first-order valence-corrected chi connectivity index (χ1v) is 7.54. The maximum absolute atomic E-state index is 12.2. The van der Waals surface area contributed by atoms with Gasteiger partial charge in [0, 0.05) is 36.7 Å². The Bertz CT molecular complexity index is 523. The van der Waals surface area contributed by atoms with Gasteiger partial charge in [0.15, 0.2) is 0 Å². The van der Waals surface area contributed by atoms with E-state index in [-0.39, 0.29) is 11.4 Å². The molecule has 0 bridgehead atoms. The van der Waals surface area contributed by atoms with Crippen LogP contribution in [0.4, 0.5) is 0 Å². The summed E-state index contributed by atoms with van der Waals surface area (Å²) >= 11 is 0. The number of nitrogens with zero attached hydrogens (tertiary/aromatic N) is 2. The van der Waals surface area contributed by atoms with Gasteiger partial charge in [-0.05, 0) is 33.6 Å². The monoisotopic (exact) mass is 276 g/mol. The number of hydrogen-bond donors (Lipinski definition) is 2. The van der Waals surface area contributed by atoms with Crippen LogP contribution in [0.5, 0.6) is 0 Å². The average Bonchev–Trinajstić information content (AvgIpc) is 3.12. The summed E-state index contributed by atoms with van der Waals surface area (Å²) in [5, 5.41) is 6.40. The number of carbonyl (C=O) groups is 1. The first-order chi connectivity index (χ1) is 9.44. The van der Waals surface area contributed by atoms with E-state index in [2.05, 4.69) is 15.2 Å². The van der Waals surface area contributed by atoms with Crippen LogP contribution in [0.3, 0.4) is 0 Å². The second kappa shape index (κ2) is 4.88. The van der Waals surface area contributed by atoms with Gasteiger partial charge in [0.05, 0.1) is 5.69 Å². The highest BCUT2D eigenvalue weighted by molar-refractivity contribution is 5.76. The van der Waals surface area contributed by atoms with E-state index in [9.17, 15) is 4.79 Å². The molecule has 110 valence electrons. The van der Waals surface area contributed by atoms with Gasteiger partial charge in [-0.2, -0.15) is 0 Å². The smallest absolute Gasteiger partial charge is 0.240 e. The van der Waals surface area contributed by atoms with E-state index in [4.69, 9.17) is 4.98 Å². The summed E-state index contributed by atoms with van der Waals surface area (Å²) in [7, 11) is 0. The summed E-state index contributed by atoms with van der Waals surface area (Å²) in [6.07, 6.45) is 3.40. The quantitative estimate of drug-likeness (QED) is 0.875. The molecule has 2 aliphatic rings. The third-order valence-electron chi connectivity index (χ3n) is 3.77. The summed E-state index contributed by atoms with van der Waals surface area (Å²) < 4.78 is 2.18. The van der Waals surface area contributed by atoms with Crippen molar-refractivity contribution in [2.75, 3.05) is 6.54 Å². The maximum atomic E-state index is 12.2. The molecule has 0 saturated heterocycles. The van der Waals surface area contributed by atoms with Crippen molar-refractivity contribution in [3.63, 3.8) is 0 Å². The van der Waals surface area contributed by atoms with Gasteiger partial charge in [-0.1, -0.05) is 0 Å². The minimum absolute atomic E-state index is 0.0816. The van der Waals surface area contributed by atoms with Gasteiger partial charge in [-0.15, -0.1) is 0 Å². The van der Waals surface area contributed by atoms with Crippen molar-refractivity contribution in [1.82, 2.24) is 20.2 Å². The van der Waals surface area contributed by atoms with E-state index in [0.29, 0.717) is 12.5 Å². The number of imidazole rings is 1. The number of aromatic nitrogens is 2. The molecular formula is C15H24N4O. The Kier molecular flexibility index (Phi) is 3.32. The molecule has 1 aliphatic heterocycles. The zero-order chi connectivity index (χ0) is 14.3. The molecule has 5 nitrogen and oxygen atoms in total. The number of carbonyl (C=O) groups excluding carboxylic acids is 1. The molecule has 1 amide bonds. The van der Waals surface area contributed by atoms with Gasteiger partial charge in [0.2, 0.25) is 5.91 Å². The van der Waals surface area contributed by atoms with Gasteiger partial charge < -0.3 is 15.2 Å². The Balaban J connectivity index is 1.84. The summed E-state index contributed by atoms with van der Waals surface area (Å²) in [4.78, 5) is 17.0. The van der Waals surface area contributed by atoms with Crippen LogP contribution in [0.2, 0.25) is 0 Å². The topological polar surface area (TPSA) is 59.0 Å². The second-order valence-corrected chi connectivity index (χ2v) is 6.95. The highest BCUT2D eigenvalue weighted by atomic mass is 16.2. The van der Waals surface area contributed by atoms with Crippen LogP contribution in [-0.4, -0.2) is 27.5 Å². The van der Waals surface area contributed by atoms with Crippen molar-refractivity contribution in [2.24, 2.45) is 0 Å². The predicted octanol–water partition coefficient (Wildman–Crippen LogP) is 1.32. The van der Waals surface area contributed by atoms with Crippen LogP contribution in [0, 0.1) is 0 Å². The van der Waals surface area contributed by atoms with Gasteiger partial charge >= 0.3 is 0 Å². The molecule has 1 saturated carbocycles. The summed E-state index contributed by atoms with van der Waals surface area (Å²) in [6.45, 7) is 8.26. The SMILES string of the molecule is CC(C)(C)NC(=O)Cn1c(C2CC2)nc2c1CCNC2. The van der Waals surface area contributed by atoms with E-state index >= 15 is 0 Å². The van der Waals surface area contributed by atoms with Crippen LogP contribution < -0.4 is 10.6 Å². The number of amides is 1. The van der Waals surface area contributed by atoms with Crippen molar-refractivity contribution in [2.45, 2.75) is 64.6 Å². The molecule has 1 aromatic heterocycles. The van der Waals surface area contributed by atoms with Crippen LogP contribution >= 0.6 is 0 Å². The Labute approximate surface area is 120 Å². The first-order valence-electron chi connectivity index (χ1n) is 7.54. The first kappa shape index (κ1) is 13.6. The Hall–Kier alpha value is -1.36. The molecule has 20 heavy (non-hydrogen) atoms. The Morgan fingerprint density at radius 1 is 1.45 bits per heavy atom. The normalized spacial score (nSPS) is 18.8. The molecule has 1 aromatic rings. The zero-order valence-electron chi connectivity index (χ0n) is 12.6. The van der Waals surface area contributed by atoms with Crippen LogP contribution in [0.1, 0.15) is 56.7 Å². The molecule has 2 heterocycles. The van der Waals surface area contributed by atoms with Crippen molar-refractivity contribution < 1.29 is 4.79 Å². The molecule has 5 heteroatoms. The van der Waals surface area contributed by atoms with E-state index in [0.717, 1.165) is 31.0 Å². The fourth-order valence-electron chi connectivity index (χ4n) is 2.82. The van der Waals surface area contributed by atoms with E-state index in [1.54, 1.807) is 0 Å². The van der Waals surface area contributed by atoms with E-state index in [1.165, 1.54) is 18.5 Å². The third kappa shape index (κ3) is 2.87. The maximum Gasteiger partial charge on any atom is 0.240 e. The fourth-order valence-corrected chi connectivity index (χ4v) is 2.82. The molecule has 1 aliphatic carbocycles. The van der Waals surface area contributed by atoms with Crippen molar-refractivity contribution in [1.29, 1.82) is 0 Å². The molecular weight excluding hydrogens is 252 g/mol. The van der Waals surface area contributed by atoms with Gasteiger partial charge in [-0.25, -0.2) is 4.98 Å². The van der Waals surface area contributed by atoms with E-state index in [1.807, 2.05) is 20.8 Å². The Morgan fingerprint density at radius 3 is 2.85 bits per heavy atom. The van der Waals surface area contributed by atoms with Crippen molar-refractivity contribution >= 4 is 5.91 Å². The zero-order valence-corrected chi connectivity index (χ0v) is 12.6. The second-order valence-electron chi connectivity index (χ2n) is 6.95. The number of hydrogen-bond acceptors (Lipinski definition) is 3. The largest absolute Gasteiger partial charge is 0.350 e. The molecule has 0 spiro atoms. The van der Waals surface area contributed by atoms with Gasteiger partial charge in [-0.3, -0.25) is 4.79 Å². The highest BCUT2D eigenvalue weighted by Crippen LogP contribution is 2.40. The van der Waals surface area contributed by atoms with Crippen LogP contribution in [0.15, 0.2) is 0 Å². The van der Waals surface area contributed by atoms with E-state index < -0.39 is 0 Å². The molecule has 0 aromatic carbocycles. The number of nitrogens with one attached hydrogen (secondary N) is 2. The van der Waals surface area contributed by atoms with Crippen LogP contribution in [-0.2, 0) is 24.3 Å². The van der Waals surface area contributed by atoms with Crippen LogP contribution in [0.25, 0.3) is 0 Å². The van der Waals surface area contributed by atoms with Gasteiger partial charge in [0.25, 0.3) is 0 Å². The highest BCUT2D eigenvalue weighted by Gasteiger charge is 2.32. The molecule has 0 atom stereocenters. The average molecular weight is 276 g/mol. The fraction of sp³-hybridized carbons (Fsp3) is 0.733. The summed E-state index contributed by atoms with van der Waals surface area (Å²) in [6, 6.07) is 0. The summed E-state index contributed by atoms with van der Waals surface area (Å²) in [5.74, 6) is 1.78. The minimum atomic E-state index is -0.182. The lowest BCUT2D eigenvalue weighted by Gasteiger charge is -2.22. The number of fused-ring (bicyclic) bond motifs is 1. The van der Waals surface area contributed by atoms with Gasteiger partial charge in [0.1, 0.15) is 12.4 Å². The minimum Gasteiger partial charge on any atom is -0.350 e. The van der Waals surface area contributed by atoms with Crippen molar-refractivity contribution in [3.8, 4) is 0 Å². The third-order valence-corrected chi connectivity index (χ3v) is 3.77. The lowest BCUT2D eigenvalue weighted by Crippen LogP contribution is -2.42. The molecule has 1 fully saturated rings. The predicted molar refractivity (Wildman–Crippen MR) is 77.5 cm³/mol. The van der Waals surface area contributed by atoms with Crippen molar-refractivity contribution in [3.05, 3.63) is 17.2 Å². The summed E-state index contributed by atoms with van der Waals surface area (Å²) in [5.41, 5.74) is 2.22. The number of rotatable bonds is 3. The molecule has 3 rings (SSSR count). The molecule has 2 N–H and O–H groups in total. The molecule has 0 radical (unpaired) electrons. The standard InChI is InChI=1S/C15H24N4O/c1-15(2,3)18-13(20)9-19-12-6-7-16-8-11(12)17-14(19)10-4-5-10/h10,16H,4-9H2,1-3H3,(H,18,20). The Morgan fingerprint density at radius 2 is 2.20 bits per heavy atom. The lowest BCUT2D eigenvalue weighted by molar-refractivity contribution is -0.123. The lowest BCUT2D eigenvalue weighted by atomic mass is 10.1.